The number of hydrogen-bond donors (Lipinski definition) is 2. The topological polar surface area (TPSA) is 84.7 Å². The Labute approximate surface area is 148 Å². The van der Waals surface area contributed by atoms with Gasteiger partial charge in [0.05, 0.1) is 5.39 Å². The second-order valence-corrected chi connectivity index (χ2v) is 6.04. The zero-order valence-corrected chi connectivity index (χ0v) is 13.8. The van der Waals surface area contributed by atoms with E-state index in [1.807, 2.05) is 42.5 Å². The van der Waals surface area contributed by atoms with Gasteiger partial charge in [0.2, 0.25) is 5.91 Å². The molecule has 122 valence electrons. The van der Waals surface area contributed by atoms with Gasteiger partial charge in [0.15, 0.2) is 5.65 Å². The minimum absolute atomic E-state index is 0.448. The molecule has 0 aliphatic carbocycles. The largest absolute Gasteiger partial charge is 0.366 e. The number of rotatable bonds is 3. The van der Waals surface area contributed by atoms with E-state index in [-0.39, 0.29) is 0 Å². The van der Waals surface area contributed by atoms with Gasteiger partial charge in [0, 0.05) is 22.3 Å². The van der Waals surface area contributed by atoms with Crippen molar-refractivity contribution in [3.63, 3.8) is 0 Å². The summed E-state index contributed by atoms with van der Waals surface area (Å²) >= 11 is 5.98. The SMILES string of the molecule is NC(=O)c1ccc(-c2ccnc3[nH]nc(-c4ccc(Cl)cc4)c23)cc1. The summed E-state index contributed by atoms with van der Waals surface area (Å²) < 4.78 is 0. The lowest BCUT2D eigenvalue weighted by Gasteiger charge is -2.06. The van der Waals surface area contributed by atoms with Crippen molar-refractivity contribution in [2.75, 3.05) is 0 Å². The van der Waals surface area contributed by atoms with Crippen LogP contribution >= 0.6 is 11.6 Å². The molecule has 2 aromatic heterocycles. The van der Waals surface area contributed by atoms with Gasteiger partial charge in [-0.3, -0.25) is 9.89 Å². The Balaban J connectivity index is 1.91. The molecule has 0 saturated heterocycles. The number of carbonyl (C=O) groups is 1. The Morgan fingerprint density at radius 1 is 0.960 bits per heavy atom. The van der Waals surface area contributed by atoms with Gasteiger partial charge < -0.3 is 5.73 Å². The zero-order valence-electron chi connectivity index (χ0n) is 13.0. The molecule has 6 heteroatoms. The van der Waals surface area contributed by atoms with Crippen molar-refractivity contribution in [2.45, 2.75) is 0 Å². The maximum absolute atomic E-state index is 11.3. The number of primary amides is 1. The first-order valence-corrected chi connectivity index (χ1v) is 8.00. The van der Waals surface area contributed by atoms with Crippen LogP contribution in [0.4, 0.5) is 0 Å². The maximum atomic E-state index is 11.3. The molecular weight excluding hydrogens is 336 g/mol. The Bertz CT molecular complexity index is 1070. The molecule has 0 fully saturated rings. The number of pyridine rings is 1. The Kier molecular flexibility index (Phi) is 3.71. The van der Waals surface area contributed by atoms with Crippen LogP contribution in [0.2, 0.25) is 5.02 Å². The van der Waals surface area contributed by atoms with E-state index in [0.29, 0.717) is 16.2 Å². The molecule has 2 heterocycles. The molecule has 2 aromatic carbocycles. The van der Waals surface area contributed by atoms with Crippen molar-refractivity contribution in [3.05, 3.63) is 71.4 Å². The third kappa shape index (κ3) is 2.75. The lowest BCUT2D eigenvalue weighted by molar-refractivity contribution is 0.100. The lowest BCUT2D eigenvalue weighted by atomic mass is 9.99. The molecule has 0 aliphatic rings. The normalized spacial score (nSPS) is 10.9. The number of carbonyl (C=O) groups excluding carboxylic acids is 1. The first-order valence-electron chi connectivity index (χ1n) is 7.63. The fourth-order valence-corrected chi connectivity index (χ4v) is 2.95. The van der Waals surface area contributed by atoms with Gasteiger partial charge in [0.1, 0.15) is 5.69 Å². The van der Waals surface area contributed by atoms with Gasteiger partial charge in [-0.2, -0.15) is 5.10 Å². The second-order valence-electron chi connectivity index (χ2n) is 5.60. The van der Waals surface area contributed by atoms with E-state index >= 15 is 0 Å². The molecular formula is C19H13ClN4O. The van der Waals surface area contributed by atoms with Crippen molar-refractivity contribution in [2.24, 2.45) is 5.73 Å². The number of nitrogens with zero attached hydrogens (tertiary/aromatic N) is 2. The summed E-state index contributed by atoms with van der Waals surface area (Å²) in [4.78, 5) is 15.6. The molecule has 1 amide bonds. The van der Waals surface area contributed by atoms with E-state index in [9.17, 15) is 4.79 Å². The summed E-state index contributed by atoms with van der Waals surface area (Å²) in [5, 5.41) is 8.98. The highest BCUT2D eigenvalue weighted by molar-refractivity contribution is 6.30. The van der Waals surface area contributed by atoms with Crippen LogP contribution in [0.3, 0.4) is 0 Å². The number of H-pyrrole nitrogens is 1. The van der Waals surface area contributed by atoms with Crippen LogP contribution in [0.15, 0.2) is 60.8 Å². The number of aromatic nitrogens is 3. The summed E-state index contributed by atoms with van der Waals surface area (Å²) in [6, 6.07) is 16.6. The van der Waals surface area contributed by atoms with Crippen molar-refractivity contribution in [3.8, 4) is 22.4 Å². The predicted octanol–water partition coefficient (Wildman–Crippen LogP) is 4.04. The number of halogens is 1. The smallest absolute Gasteiger partial charge is 0.248 e. The molecule has 3 N–H and O–H groups in total. The van der Waals surface area contributed by atoms with E-state index in [0.717, 1.165) is 27.8 Å². The number of nitrogens with two attached hydrogens (primary N) is 1. The Morgan fingerprint density at radius 3 is 2.32 bits per heavy atom. The summed E-state index contributed by atoms with van der Waals surface area (Å²) in [5.41, 5.74) is 10.1. The first kappa shape index (κ1) is 15.4. The van der Waals surface area contributed by atoms with Crippen molar-refractivity contribution >= 4 is 28.5 Å². The van der Waals surface area contributed by atoms with Crippen LogP contribution in [-0.2, 0) is 0 Å². The molecule has 5 nitrogen and oxygen atoms in total. The molecule has 0 unspecified atom stereocenters. The molecule has 0 atom stereocenters. The summed E-state index contributed by atoms with van der Waals surface area (Å²) in [6.45, 7) is 0. The van der Waals surface area contributed by atoms with E-state index < -0.39 is 5.91 Å². The molecule has 25 heavy (non-hydrogen) atoms. The van der Waals surface area contributed by atoms with Crippen LogP contribution in [0.1, 0.15) is 10.4 Å². The molecule has 0 bridgehead atoms. The summed E-state index contributed by atoms with van der Waals surface area (Å²) in [6.07, 6.45) is 1.73. The zero-order chi connectivity index (χ0) is 17.4. The number of fused-ring (bicyclic) bond motifs is 1. The highest BCUT2D eigenvalue weighted by Gasteiger charge is 2.14. The Hall–Kier alpha value is -3.18. The van der Waals surface area contributed by atoms with Gasteiger partial charge in [0.25, 0.3) is 0 Å². The van der Waals surface area contributed by atoms with Crippen molar-refractivity contribution < 1.29 is 4.79 Å². The van der Waals surface area contributed by atoms with Crippen LogP contribution in [0.5, 0.6) is 0 Å². The fraction of sp³-hybridized carbons (Fsp3) is 0. The van der Waals surface area contributed by atoms with Gasteiger partial charge in [-0.1, -0.05) is 35.9 Å². The summed E-state index contributed by atoms with van der Waals surface area (Å²) in [5.74, 6) is -0.448. The summed E-state index contributed by atoms with van der Waals surface area (Å²) in [7, 11) is 0. The van der Waals surface area contributed by atoms with Gasteiger partial charge in [-0.05, 0) is 41.5 Å². The van der Waals surface area contributed by atoms with Crippen LogP contribution in [0.25, 0.3) is 33.4 Å². The molecule has 4 aromatic rings. The number of benzene rings is 2. The number of aromatic amines is 1. The third-order valence-electron chi connectivity index (χ3n) is 4.06. The third-order valence-corrected chi connectivity index (χ3v) is 4.31. The molecule has 0 radical (unpaired) electrons. The standard InChI is InChI=1S/C19H13ClN4O/c20-14-7-5-12(6-8-14)17-16-15(9-10-22-19(16)24-23-17)11-1-3-13(4-2-11)18(21)25/h1-10H,(H2,21,25)(H,22,23,24). The van der Waals surface area contributed by atoms with Gasteiger partial charge in [-0.25, -0.2) is 4.98 Å². The van der Waals surface area contributed by atoms with Crippen LogP contribution in [0, 0.1) is 0 Å². The quantitative estimate of drug-likeness (QED) is 0.586. The highest BCUT2D eigenvalue weighted by Crippen LogP contribution is 2.34. The first-order chi connectivity index (χ1) is 12.1. The monoisotopic (exact) mass is 348 g/mol. The Morgan fingerprint density at radius 2 is 1.64 bits per heavy atom. The fourth-order valence-electron chi connectivity index (χ4n) is 2.82. The van der Waals surface area contributed by atoms with E-state index in [4.69, 9.17) is 17.3 Å². The average Bonchev–Trinajstić information content (AvgIpc) is 3.07. The van der Waals surface area contributed by atoms with E-state index in [2.05, 4.69) is 15.2 Å². The number of amides is 1. The molecule has 4 rings (SSSR count). The number of hydrogen-bond acceptors (Lipinski definition) is 3. The number of nitrogens with one attached hydrogen (secondary N) is 1. The molecule has 0 aliphatic heterocycles. The minimum atomic E-state index is -0.448. The maximum Gasteiger partial charge on any atom is 0.248 e. The average molecular weight is 349 g/mol. The van der Waals surface area contributed by atoms with Crippen LogP contribution < -0.4 is 5.73 Å². The van der Waals surface area contributed by atoms with E-state index in [1.54, 1.807) is 18.3 Å². The highest BCUT2D eigenvalue weighted by atomic mass is 35.5. The second kappa shape index (κ2) is 6.03. The predicted molar refractivity (Wildman–Crippen MR) is 98.3 cm³/mol. The van der Waals surface area contributed by atoms with Crippen molar-refractivity contribution in [1.82, 2.24) is 15.2 Å². The van der Waals surface area contributed by atoms with E-state index in [1.165, 1.54) is 0 Å². The van der Waals surface area contributed by atoms with Gasteiger partial charge in [-0.15, -0.1) is 0 Å². The minimum Gasteiger partial charge on any atom is -0.366 e. The lowest BCUT2D eigenvalue weighted by Crippen LogP contribution is -2.10. The van der Waals surface area contributed by atoms with Gasteiger partial charge >= 0.3 is 0 Å². The molecule has 0 saturated carbocycles. The van der Waals surface area contributed by atoms with Crippen LogP contribution in [-0.4, -0.2) is 21.1 Å². The molecule has 0 spiro atoms. The van der Waals surface area contributed by atoms with Crippen molar-refractivity contribution in [1.29, 1.82) is 0 Å².